The molecule has 0 bridgehead atoms. The number of rotatable bonds is 8. The molecule has 0 unspecified atom stereocenters. The first-order valence-electron chi connectivity index (χ1n) is 12.2. The largest absolute Gasteiger partial charge is 0.338 e. The van der Waals surface area contributed by atoms with E-state index in [1.54, 1.807) is 11.8 Å². The Morgan fingerprint density at radius 2 is 1.36 bits per heavy atom. The van der Waals surface area contributed by atoms with Gasteiger partial charge >= 0.3 is 0 Å². The van der Waals surface area contributed by atoms with Crippen LogP contribution in [0.2, 0.25) is 0 Å². The van der Waals surface area contributed by atoms with Crippen molar-refractivity contribution in [1.82, 2.24) is 9.80 Å². The number of nitrogens with zero attached hydrogens (tertiary/aromatic N) is 3. The first-order chi connectivity index (χ1) is 17.3. The molecule has 0 saturated carbocycles. The topological polar surface area (TPSA) is 60.9 Å². The van der Waals surface area contributed by atoms with Crippen LogP contribution in [0.1, 0.15) is 30.5 Å². The summed E-state index contributed by atoms with van der Waals surface area (Å²) in [5, 5.41) is 0. The van der Waals surface area contributed by atoms with E-state index in [0.717, 1.165) is 10.6 Å². The van der Waals surface area contributed by atoms with E-state index in [-0.39, 0.29) is 17.6 Å². The normalized spacial score (nSPS) is 15.6. The van der Waals surface area contributed by atoms with Gasteiger partial charge < -0.3 is 4.90 Å². The number of hydrogen-bond acceptors (Lipinski definition) is 4. The molecule has 1 heterocycles. The molecule has 0 aliphatic carbocycles. The third-order valence-corrected chi connectivity index (χ3v) is 7.79. The minimum atomic E-state index is -3.77. The Balaban J connectivity index is 1.53. The minimum Gasteiger partial charge on any atom is -0.338 e. The van der Waals surface area contributed by atoms with E-state index in [1.165, 1.54) is 35.4 Å². The number of hydrogen-bond donors (Lipinski definition) is 0. The van der Waals surface area contributed by atoms with Crippen molar-refractivity contribution in [3.63, 3.8) is 0 Å². The van der Waals surface area contributed by atoms with Gasteiger partial charge in [0.15, 0.2) is 0 Å². The van der Waals surface area contributed by atoms with Crippen molar-refractivity contribution < 1.29 is 17.6 Å². The molecule has 1 amide bonds. The zero-order valence-electron chi connectivity index (χ0n) is 20.6. The fourth-order valence-electron chi connectivity index (χ4n) is 4.93. The van der Waals surface area contributed by atoms with Crippen LogP contribution in [0.25, 0.3) is 0 Å². The highest BCUT2D eigenvalue weighted by Gasteiger charge is 2.36. The molecule has 1 atom stereocenters. The van der Waals surface area contributed by atoms with Gasteiger partial charge in [-0.05, 0) is 41.8 Å². The summed E-state index contributed by atoms with van der Waals surface area (Å²) in [6.07, 6.45) is 1.38. The molecular weight excluding hydrogens is 477 g/mol. The lowest BCUT2D eigenvalue weighted by Gasteiger charge is -2.41. The standard InChI is InChI=1S/C28H32FN3O3S/c1-3-26(32(36(2,34)35)25-16-14-24(29)15-17-25)28(33)31-20-18-30(19-21-31)27(22-10-6-4-7-11-22)23-12-8-5-9-13-23/h4-17,26-27H,3,18-21H2,1-2H3/t26-/m0/s1. The number of carbonyl (C=O) groups is 1. The number of piperazine rings is 1. The molecule has 1 aliphatic heterocycles. The van der Waals surface area contributed by atoms with Gasteiger partial charge in [0, 0.05) is 26.2 Å². The third kappa shape index (κ3) is 5.77. The molecule has 0 spiro atoms. The number of carbonyl (C=O) groups excluding carboxylic acids is 1. The molecule has 8 heteroatoms. The Bertz CT molecular complexity index is 1210. The monoisotopic (exact) mass is 509 g/mol. The third-order valence-electron chi connectivity index (χ3n) is 6.61. The first kappa shape index (κ1) is 25.9. The second kappa shape index (κ2) is 11.2. The average molecular weight is 510 g/mol. The van der Waals surface area contributed by atoms with E-state index in [1.807, 2.05) is 36.4 Å². The summed E-state index contributed by atoms with van der Waals surface area (Å²) in [7, 11) is -3.77. The molecule has 0 N–H and O–H groups in total. The van der Waals surface area contributed by atoms with Crippen LogP contribution < -0.4 is 4.31 Å². The Morgan fingerprint density at radius 3 is 1.81 bits per heavy atom. The average Bonchev–Trinajstić information content (AvgIpc) is 2.89. The molecule has 3 aromatic rings. The molecule has 1 aliphatic rings. The predicted octanol–water partition coefficient (Wildman–Crippen LogP) is 4.30. The van der Waals surface area contributed by atoms with Crippen LogP contribution >= 0.6 is 0 Å². The van der Waals surface area contributed by atoms with Crippen LogP contribution in [0.3, 0.4) is 0 Å². The van der Waals surface area contributed by atoms with E-state index < -0.39 is 21.9 Å². The Hall–Kier alpha value is -3.23. The maximum Gasteiger partial charge on any atom is 0.246 e. The number of anilines is 1. The maximum absolute atomic E-state index is 13.6. The fourth-order valence-corrected chi connectivity index (χ4v) is 6.13. The summed E-state index contributed by atoms with van der Waals surface area (Å²) in [4.78, 5) is 17.7. The molecule has 0 aromatic heterocycles. The van der Waals surface area contributed by atoms with Gasteiger partial charge in [-0.25, -0.2) is 12.8 Å². The number of amides is 1. The second-order valence-corrected chi connectivity index (χ2v) is 10.9. The molecule has 1 fully saturated rings. The van der Waals surface area contributed by atoms with Crippen LogP contribution in [0.4, 0.5) is 10.1 Å². The van der Waals surface area contributed by atoms with E-state index >= 15 is 0 Å². The van der Waals surface area contributed by atoms with Crippen molar-refractivity contribution in [1.29, 1.82) is 0 Å². The van der Waals surface area contributed by atoms with E-state index in [0.29, 0.717) is 32.6 Å². The van der Waals surface area contributed by atoms with Gasteiger partial charge in [-0.15, -0.1) is 0 Å². The number of halogens is 1. The molecule has 1 saturated heterocycles. The van der Waals surface area contributed by atoms with Gasteiger partial charge in [0.05, 0.1) is 18.0 Å². The molecule has 36 heavy (non-hydrogen) atoms. The highest BCUT2D eigenvalue weighted by Crippen LogP contribution is 2.30. The van der Waals surface area contributed by atoms with E-state index in [9.17, 15) is 17.6 Å². The number of sulfonamides is 1. The van der Waals surface area contributed by atoms with Gasteiger partial charge in [-0.3, -0.25) is 14.0 Å². The smallest absolute Gasteiger partial charge is 0.246 e. The highest BCUT2D eigenvalue weighted by atomic mass is 32.2. The van der Waals surface area contributed by atoms with Crippen molar-refractivity contribution in [2.24, 2.45) is 0 Å². The maximum atomic E-state index is 13.6. The van der Waals surface area contributed by atoms with Gasteiger partial charge in [0.1, 0.15) is 11.9 Å². The van der Waals surface area contributed by atoms with Gasteiger partial charge in [0.25, 0.3) is 0 Å². The number of benzene rings is 3. The Kier molecular flexibility index (Phi) is 8.06. The second-order valence-electron chi connectivity index (χ2n) is 9.04. The van der Waals surface area contributed by atoms with Crippen LogP contribution in [-0.4, -0.2) is 62.6 Å². The zero-order chi connectivity index (χ0) is 25.7. The summed E-state index contributed by atoms with van der Waals surface area (Å²) >= 11 is 0. The Morgan fingerprint density at radius 1 is 0.861 bits per heavy atom. The summed E-state index contributed by atoms with van der Waals surface area (Å²) in [5.41, 5.74) is 2.66. The molecule has 0 radical (unpaired) electrons. The molecule has 3 aromatic carbocycles. The van der Waals surface area contributed by atoms with E-state index in [2.05, 4.69) is 29.2 Å². The first-order valence-corrected chi connectivity index (χ1v) is 14.0. The van der Waals surface area contributed by atoms with Gasteiger partial charge in [-0.2, -0.15) is 0 Å². The predicted molar refractivity (Wildman–Crippen MR) is 141 cm³/mol. The van der Waals surface area contributed by atoms with Crippen molar-refractivity contribution in [2.45, 2.75) is 25.4 Å². The molecule has 190 valence electrons. The molecular formula is C28H32FN3O3S. The minimum absolute atomic E-state index is 0.0679. The Labute approximate surface area is 213 Å². The summed E-state index contributed by atoms with van der Waals surface area (Å²) < 4.78 is 40.0. The van der Waals surface area contributed by atoms with Gasteiger partial charge in [-0.1, -0.05) is 67.6 Å². The van der Waals surface area contributed by atoms with Crippen molar-refractivity contribution in [2.75, 3.05) is 36.7 Å². The van der Waals surface area contributed by atoms with Crippen LogP contribution in [0.5, 0.6) is 0 Å². The van der Waals surface area contributed by atoms with Crippen molar-refractivity contribution in [3.8, 4) is 0 Å². The molecule has 6 nitrogen and oxygen atoms in total. The summed E-state index contributed by atoms with van der Waals surface area (Å²) in [5.74, 6) is -0.697. The van der Waals surface area contributed by atoms with E-state index in [4.69, 9.17) is 0 Å². The zero-order valence-corrected chi connectivity index (χ0v) is 21.4. The lowest BCUT2D eigenvalue weighted by atomic mass is 9.96. The SMILES string of the molecule is CC[C@@H](C(=O)N1CCN(C(c2ccccc2)c2ccccc2)CC1)N(c1ccc(F)cc1)S(C)(=O)=O. The summed E-state index contributed by atoms with van der Waals surface area (Å²) in [6, 6.07) is 25.0. The summed E-state index contributed by atoms with van der Waals surface area (Å²) in [6.45, 7) is 4.10. The van der Waals surface area contributed by atoms with Crippen LogP contribution in [0, 0.1) is 5.82 Å². The molecule has 4 rings (SSSR count). The van der Waals surface area contributed by atoms with Gasteiger partial charge in [0.2, 0.25) is 15.9 Å². The van der Waals surface area contributed by atoms with Crippen molar-refractivity contribution in [3.05, 3.63) is 102 Å². The van der Waals surface area contributed by atoms with Crippen LogP contribution in [0.15, 0.2) is 84.9 Å². The lowest BCUT2D eigenvalue weighted by Crippen LogP contribution is -2.56. The lowest BCUT2D eigenvalue weighted by molar-refractivity contribution is -0.134. The highest BCUT2D eigenvalue weighted by molar-refractivity contribution is 7.92. The van der Waals surface area contributed by atoms with Crippen molar-refractivity contribution >= 4 is 21.6 Å². The van der Waals surface area contributed by atoms with Crippen LogP contribution in [-0.2, 0) is 14.8 Å². The quantitative estimate of drug-likeness (QED) is 0.454. The fraction of sp³-hybridized carbons (Fsp3) is 0.321.